The van der Waals surface area contributed by atoms with E-state index in [1.54, 1.807) is 7.11 Å². The summed E-state index contributed by atoms with van der Waals surface area (Å²) in [6.07, 6.45) is 5.02. The first-order chi connectivity index (χ1) is 8.77. The topological polar surface area (TPSA) is 73.6 Å². The third-order valence-corrected chi connectivity index (χ3v) is 3.46. The number of rotatable bonds is 8. The summed E-state index contributed by atoms with van der Waals surface area (Å²) in [5.74, 6) is 0.509. The van der Waals surface area contributed by atoms with E-state index in [0.29, 0.717) is 38.7 Å². The summed E-state index contributed by atoms with van der Waals surface area (Å²) in [4.78, 5) is 11.7. The van der Waals surface area contributed by atoms with Crippen molar-refractivity contribution in [2.24, 2.45) is 11.7 Å². The highest BCUT2D eigenvalue weighted by molar-refractivity contribution is 5.76. The summed E-state index contributed by atoms with van der Waals surface area (Å²) in [6, 6.07) is 0.259. The molecule has 1 fully saturated rings. The summed E-state index contributed by atoms with van der Waals surface area (Å²) >= 11 is 0. The second kappa shape index (κ2) is 9.30. The zero-order valence-corrected chi connectivity index (χ0v) is 11.3. The Morgan fingerprint density at radius 3 is 2.78 bits per heavy atom. The number of nitrogens with one attached hydrogen (secondary N) is 1. The number of ether oxygens (including phenoxy) is 2. The number of amides is 1. The number of hydrogen-bond acceptors (Lipinski definition) is 4. The minimum atomic E-state index is 0.0674. The van der Waals surface area contributed by atoms with E-state index in [2.05, 4.69) is 5.32 Å². The van der Waals surface area contributed by atoms with Crippen LogP contribution in [0.1, 0.15) is 32.1 Å². The average Bonchev–Trinajstić information content (AvgIpc) is 2.39. The largest absolute Gasteiger partial charge is 0.382 e. The minimum absolute atomic E-state index is 0.0674. The minimum Gasteiger partial charge on any atom is -0.382 e. The molecule has 2 atom stereocenters. The van der Waals surface area contributed by atoms with Gasteiger partial charge >= 0.3 is 0 Å². The van der Waals surface area contributed by atoms with Crippen molar-refractivity contribution in [1.82, 2.24) is 5.32 Å². The summed E-state index contributed by atoms with van der Waals surface area (Å²) < 4.78 is 10.1. The predicted molar refractivity (Wildman–Crippen MR) is 70.3 cm³/mol. The Morgan fingerprint density at radius 1 is 1.28 bits per heavy atom. The van der Waals surface area contributed by atoms with Gasteiger partial charge in [-0.25, -0.2) is 0 Å². The van der Waals surface area contributed by atoms with Crippen LogP contribution in [-0.4, -0.2) is 45.4 Å². The molecule has 1 aliphatic rings. The molecule has 0 bridgehead atoms. The van der Waals surface area contributed by atoms with Crippen molar-refractivity contribution < 1.29 is 14.3 Å². The zero-order chi connectivity index (χ0) is 13.2. The monoisotopic (exact) mass is 258 g/mol. The van der Waals surface area contributed by atoms with Crippen LogP contribution in [-0.2, 0) is 14.3 Å². The third kappa shape index (κ3) is 5.80. The van der Waals surface area contributed by atoms with Crippen molar-refractivity contribution >= 4 is 5.91 Å². The van der Waals surface area contributed by atoms with Crippen molar-refractivity contribution in [2.75, 3.05) is 33.5 Å². The van der Waals surface area contributed by atoms with Gasteiger partial charge in [0.05, 0.1) is 19.8 Å². The average molecular weight is 258 g/mol. The first kappa shape index (κ1) is 15.4. The highest BCUT2D eigenvalue weighted by Crippen LogP contribution is 2.23. The molecule has 0 radical (unpaired) electrons. The van der Waals surface area contributed by atoms with Crippen LogP contribution in [0.25, 0.3) is 0 Å². The summed E-state index contributed by atoms with van der Waals surface area (Å²) in [6.45, 7) is 2.22. The molecular formula is C13H26N2O3. The van der Waals surface area contributed by atoms with E-state index < -0.39 is 0 Å². The SMILES string of the molecule is COCCOCCC(=O)NC1CCCCC1CN. The first-order valence-corrected chi connectivity index (χ1v) is 6.84. The third-order valence-electron chi connectivity index (χ3n) is 3.46. The molecule has 3 N–H and O–H groups in total. The fourth-order valence-corrected chi connectivity index (χ4v) is 2.37. The van der Waals surface area contributed by atoms with Gasteiger partial charge in [0.15, 0.2) is 0 Å². The molecule has 106 valence electrons. The summed E-state index contributed by atoms with van der Waals surface area (Å²) in [5.41, 5.74) is 5.73. The maximum absolute atomic E-state index is 11.7. The Hall–Kier alpha value is -0.650. The maximum Gasteiger partial charge on any atom is 0.222 e. The summed E-state index contributed by atoms with van der Waals surface area (Å²) in [5, 5.41) is 3.08. The molecule has 0 saturated heterocycles. The standard InChI is InChI=1S/C13H26N2O3/c1-17-8-9-18-7-6-13(16)15-12-5-3-2-4-11(12)10-14/h11-12H,2-10,14H2,1H3,(H,15,16). The molecule has 1 amide bonds. The van der Waals surface area contributed by atoms with Gasteiger partial charge in [0.1, 0.15) is 0 Å². The van der Waals surface area contributed by atoms with Crippen LogP contribution in [0.4, 0.5) is 0 Å². The summed E-state index contributed by atoms with van der Waals surface area (Å²) in [7, 11) is 1.63. The Balaban J connectivity index is 2.14. The van der Waals surface area contributed by atoms with Gasteiger partial charge in [-0.15, -0.1) is 0 Å². The van der Waals surface area contributed by atoms with Crippen LogP contribution in [0.2, 0.25) is 0 Å². The maximum atomic E-state index is 11.7. The lowest BCUT2D eigenvalue weighted by atomic mass is 9.84. The predicted octanol–water partition coefficient (Wildman–Crippen LogP) is 0.673. The molecule has 18 heavy (non-hydrogen) atoms. The van der Waals surface area contributed by atoms with Crippen LogP contribution >= 0.6 is 0 Å². The molecule has 5 heteroatoms. The zero-order valence-electron chi connectivity index (χ0n) is 11.3. The van der Waals surface area contributed by atoms with Gasteiger partial charge in [0.2, 0.25) is 5.91 Å². The van der Waals surface area contributed by atoms with Crippen LogP contribution in [0.5, 0.6) is 0 Å². The van der Waals surface area contributed by atoms with Crippen molar-refractivity contribution in [3.63, 3.8) is 0 Å². The molecule has 1 aliphatic carbocycles. The van der Waals surface area contributed by atoms with Crippen LogP contribution < -0.4 is 11.1 Å². The van der Waals surface area contributed by atoms with Gasteiger partial charge in [-0.2, -0.15) is 0 Å². The Labute approximate surface area is 109 Å². The fourth-order valence-electron chi connectivity index (χ4n) is 2.37. The quantitative estimate of drug-likeness (QED) is 0.628. The van der Waals surface area contributed by atoms with Gasteiger partial charge in [0, 0.05) is 19.6 Å². The van der Waals surface area contributed by atoms with Crippen LogP contribution in [0.3, 0.4) is 0 Å². The molecular weight excluding hydrogens is 232 g/mol. The van der Waals surface area contributed by atoms with Gasteiger partial charge < -0.3 is 20.5 Å². The molecule has 0 aliphatic heterocycles. The number of carbonyl (C=O) groups is 1. The molecule has 1 rings (SSSR count). The van der Waals surface area contributed by atoms with Crippen LogP contribution in [0, 0.1) is 5.92 Å². The van der Waals surface area contributed by atoms with E-state index in [9.17, 15) is 4.79 Å². The number of carbonyl (C=O) groups excluding carboxylic acids is 1. The smallest absolute Gasteiger partial charge is 0.222 e. The molecule has 5 nitrogen and oxygen atoms in total. The van der Waals surface area contributed by atoms with Crippen molar-refractivity contribution in [3.8, 4) is 0 Å². The van der Waals surface area contributed by atoms with E-state index in [0.717, 1.165) is 12.8 Å². The molecule has 0 aromatic carbocycles. The number of hydrogen-bond donors (Lipinski definition) is 2. The normalized spacial score (nSPS) is 23.9. The molecule has 0 aromatic heterocycles. The number of methoxy groups -OCH3 is 1. The number of nitrogens with two attached hydrogens (primary N) is 1. The Kier molecular flexibility index (Phi) is 7.96. The molecule has 0 heterocycles. The lowest BCUT2D eigenvalue weighted by Gasteiger charge is -2.31. The van der Waals surface area contributed by atoms with Crippen LogP contribution in [0.15, 0.2) is 0 Å². The van der Waals surface area contributed by atoms with E-state index in [-0.39, 0.29) is 11.9 Å². The second-order valence-electron chi connectivity index (χ2n) is 4.81. The van der Waals surface area contributed by atoms with E-state index >= 15 is 0 Å². The van der Waals surface area contributed by atoms with Gasteiger partial charge in [-0.05, 0) is 25.3 Å². The van der Waals surface area contributed by atoms with Crippen molar-refractivity contribution in [3.05, 3.63) is 0 Å². The van der Waals surface area contributed by atoms with E-state index in [1.165, 1.54) is 12.8 Å². The van der Waals surface area contributed by atoms with Crippen molar-refractivity contribution in [1.29, 1.82) is 0 Å². The lowest BCUT2D eigenvalue weighted by Crippen LogP contribution is -2.44. The van der Waals surface area contributed by atoms with Gasteiger partial charge in [0.25, 0.3) is 0 Å². The first-order valence-electron chi connectivity index (χ1n) is 6.84. The Bertz CT molecular complexity index is 236. The van der Waals surface area contributed by atoms with Gasteiger partial charge in [-0.3, -0.25) is 4.79 Å². The lowest BCUT2D eigenvalue weighted by molar-refractivity contribution is -0.123. The molecule has 0 aromatic rings. The van der Waals surface area contributed by atoms with E-state index in [4.69, 9.17) is 15.2 Å². The van der Waals surface area contributed by atoms with E-state index in [1.807, 2.05) is 0 Å². The van der Waals surface area contributed by atoms with Crippen molar-refractivity contribution in [2.45, 2.75) is 38.1 Å². The molecule has 0 spiro atoms. The Morgan fingerprint density at radius 2 is 2.06 bits per heavy atom. The highest BCUT2D eigenvalue weighted by atomic mass is 16.5. The van der Waals surface area contributed by atoms with Gasteiger partial charge in [-0.1, -0.05) is 12.8 Å². The molecule has 2 unspecified atom stereocenters. The molecule has 1 saturated carbocycles. The second-order valence-corrected chi connectivity index (χ2v) is 4.81. The fraction of sp³-hybridized carbons (Fsp3) is 0.923. The highest BCUT2D eigenvalue weighted by Gasteiger charge is 2.24.